The minimum atomic E-state index is -0.449. The number of primary amides is 1. The number of nitrogens with one attached hydrogen (secondary N) is 1. The smallest absolute Gasteiger partial charge is 0.248 e. The molecule has 1 amide bonds. The molecule has 0 aliphatic carbocycles. The molecule has 5 heteroatoms. The van der Waals surface area contributed by atoms with Crippen LogP contribution < -0.4 is 16.8 Å². The van der Waals surface area contributed by atoms with Crippen molar-refractivity contribution in [3.63, 3.8) is 0 Å². The Morgan fingerprint density at radius 2 is 1.86 bits per heavy atom. The molecule has 0 aliphatic rings. The number of nitrogens with two attached hydrogens (primary N) is 2. The number of aromatic nitrogens is 1. The van der Waals surface area contributed by atoms with Crippen molar-refractivity contribution in [3.05, 3.63) is 58.8 Å². The Balaban J connectivity index is 2.04. The van der Waals surface area contributed by atoms with Crippen molar-refractivity contribution in [2.24, 2.45) is 11.5 Å². The van der Waals surface area contributed by atoms with E-state index in [1.54, 1.807) is 12.1 Å². The summed E-state index contributed by atoms with van der Waals surface area (Å²) in [6.45, 7) is 3.12. The van der Waals surface area contributed by atoms with Crippen LogP contribution in [0.4, 0.5) is 5.82 Å². The zero-order chi connectivity index (χ0) is 15.2. The Bertz CT molecular complexity index is 623. The molecule has 2 aromatic rings. The molecule has 0 unspecified atom stereocenters. The van der Waals surface area contributed by atoms with Crippen LogP contribution in [-0.2, 0) is 13.0 Å². The number of carbonyl (C=O) groups is 1. The maximum absolute atomic E-state index is 11.2. The second kappa shape index (κ2) is 6.85. The third-order valence-corrected chi connectivity index (χ3v) is 3.17. The number of hydrogen-bond acceptors (Lipinski definition) is 4. The molecule has 110 valence electrons. The quantitative estimate of drug-likeness (QED) is 0.751. The van der Waals surface area contributed by atoms with Crippen LogP contribution in [-0.4, -0.2) is 17.4 Å². The molecule has 0 bridgehead atoms. The molecule has 0 aliphatic heterocycles. The molecule has 5 N–H and O–H groups in total. The van der Waals surface area contributed by atoms with E-state index in [1.165, 1.54) is 5.56 Å². The summed E-state index contributed by atoms with van der Waals surface area (Å²) < 4.78 is 0. The number of carbonyl (C=O) groups excluding carboxylic acids is 1. The SMILES string of the molecule is Cc1cc(C(N)=O)cc(NCc2ccc(CCN)cc2)n1. The lowest BCUT2D eigenvalue weighted by molar-refractivity contribution is 0.1000. The Labute approximate surface area is 124 Å². The first-order valence-corrected chi connectivity index (χ1v) is 6.88. The van der Waals surface area contributed by atoms with E-state index in [-0.39, 0.29) is 0 Å². The number of hydrogen-bond donors (Lipinski definition) is 3. The van der Waals surface area contributed by atoms with Gasteiger partial charge < -0.3 is 16.8 Å². The zero-order valence-electron chi connectivity index (χ0n) is 12.1. The van der Waals surface area contributed by atoms with E-state index in [0.29, 0.717) is 24.5 Å². The maximum atomic E-state index is 11.2. The van der Waals surface area contributed by atoms with Crippen molar-refractivity contribution >= 4 is 11.7 Å². The number of anilines is 1. The highest BCUT2D eigenvalue weighted by molar-refractivity contribution is 5.93. The van der Waals surface area contributed by atoms with Crippen LogP contribution >= 0.6 is 0 Å². The first kappa shape index (κ1) is 15.0. The van der Waals surface area contributed by atoms with Crippen molar-refractivity contribution in [3.8, 4) is 0 Å². The van der Waals surface area contributed by atoms with Crippen LogP contribution in [0.2, 0.25) is 0 Å². The van der Waals surface area contributed by atoms with Gasteiger partial charge in [0, 0.05) is 17.8 Å². The average Bonchev–Trinajstić information content (AvgIpc) is 2.46. The number of aryl methyl sites for hydroxylation is 1. The minimum absolute atomic E-state index is 0.449. The summed E-state index contributed by atoms with van der Waals surface area (Å²) >= 11 is 0. The van der Waals surface area contributed by atoms with Crippen LogP contribution in [0.15, 0.2) is 36.4 Å². The lowest BCUT2D eigenvalue weighted by Gasteiger charge is -2.09. The number of benzene rings is 1. The van der Waals surface area contributed by atoms with Gasteiger partial charge in [-0.05, 0) is 43.1 Å². The van der Waals surface area contributed by atoms with Crippen molar-refractivity contribution in [1.82, 2.24) is 4.98 Å². The van der Waals surface area contributed by atoms with Gasteiger partial charge in [0.15, 0.2) is 0 Å². The van der Waals surface area contributed by atoms with Crippen LogP contribution in [0.25, 0.3) is 0 Å². The van der Waals surface area contributed by atoms with E-state index < -0.39 is 5.91 Å². The molecule has 2 rings (SSSR count). The van der Waals surface area contributed by atoms with E-state index in [4.69, 9.17) is 11.5 Å². The highest BCUT2D eigenvalue weighted by atomic mass is 16.1. The zero-order valence-corrected chi connectivity index (χ0v) is 12.1. The van der Waals surface area contributed by atoms with Gasteiger partial charge in [-0.2, -0.15) is 0 Å². The Morgan fingerprint density at radius 3 is 2.48 bits per heavy atom. The molecule has 0 fully saturated rings. The lowest BCUT2D eigenvalue weighted by Crippen LogP contribution is -2.12. The Hall–Kier alpha value is -2.40. The van der Waals surface area contributed by atoms with Crippen molar-refractivity contribution in [1.29, 1.82) is 0 Å². The predicted molar refractivity (Wildman–Crippen MR) is 84.0 cm³/mol. The van der Waals surface area contributed by atoms with Gasteiger partial charge in [-0.25, -0.2) is 4.98 Å². The standard InChI is InChI=1S/C16H20N4O/c1-11-8-14(16(18)21)9-15(20-11)19-10-13-4-2-12(3-5-13)6-7-17/h2-5,8-9H,6-7,10,17H2,1H3,(H2,18,21)(H,19,20). The number of rotatable bonds is 6. The number of nitrogens with zero attached hydrogens (tertiary/aromatic N) is 1. The molecule has 21 heavy (non-hydrogen) atoms. The van der Waals surface area contributed by atoms with Gasteiger partial charge in [-0.15, -0.1) is 0 Å². The number of amides is 1. The van der Waals surface area contributed by atoms with Gasteiger partial charge in [0.2, 0.25) is 5.91 Å². The van der Waals surface area contributed by atoms with Crippen LogP contribution in [0.3, 0.4) is 0 Å². The van der Waals surface area contributed by atoms with Crippen LogP contribution in [0, 0.1) is 6.92 Å². The predicted octanol–water partition coefficient (Wildman–Crippen LogP) is 1.60. The van der Waals surface area contributed by atoms with Gasteiger partial charge in [0.05, 0.1) is 0 Å². The molecule has 0 radical (unpaired) electrons. The summed E-state index contributed by atoms with van der Waals surface area (Å²) in [7, 11) is 0. The van der Waals surface area contributed by atoms with Gasteiger partial charge in [0.1, 0.15) is 5.82 Å². The maximum Gasteiger partial charge on any atom is 0.248 e. The van der Waals surface area contributed by atoms with Crippen molar-refractivity contribution in [2.75, 3.05) is 11.9 Å². The van der Waals surface area contributed by atoms with E-state index >= 15 is 0 Å². The summed E-state index contributed by atoms with van der Waals surface area (Å²) in [5.74, 6) is 0.199. The molecule has 0 saturated heterocycles. The first-order valence-electron chi connectivity index (χ1n) is 6.88. The Morgan fingerprint density at radius 1 is 1.19 bits per heavy atom. The van der Waals surface area contributed by atoms with E-state index in [0.717, 1.165) is 17.7 Å². The molecule has 1 aromatic heterocycles. The van der Waals surface area contributed by atoms with Crippen LogP contribution in [0.1, 0.15) is 27.2 Å². The van der Waals surface area contributed by atoms with Gasteiger partial charge in [-0.1, -0.05) is 24.3 Å². The summed E-state index contributed by atoms with van der Waals surface area (Å²) in [6.07, 6.45) is 0.884. The minimum Gasteiger partial charge on any atom is -0.366 e. The summed E-state index contributed by atoms with van der Waals surface area (Å²) in [5, 5.41) is 3.20. The van der Waals surface area contributed by atoms with Gasteiger partial charge in [0.25, 0.3) is 0 Å². The summed E-state index contributed by atoms with van der Waals surface area (Å²) in [5.41, 5.74) is 14.4. The second-order valence-corrected chi connectivity index (χ2v) is 4.96. The molecular weight excluding hydrogens is 264 g/mol. The normalized spacial score (nSPS) is 10.4. The van der Waals surface area contributed by atoms with Crippen molar-refractivity contribution < 1.29 is 4.79 Å². The summed E-state index contributed by atoms with van der Waals surface area (Å²) in [6, 6.07) is 11.6. The third kappa shape index (κ3) is 4.29. The van der Waals surface area contributed by atoms with E-state index in [2.05, 4.69) is 34.6 Å². The lowest BCUT2D eigenvalue weighted by atomic mass is 10.1. The fraction of sp³-hybridized carbons (Fsp3) is 0.250. The summed E-state index contributed by atoms with van der Waals surface area (Å²) in [4.78, 5) is 15.6. The molecular formula is C16H20N4O. The topological polar surface area (TPSA) is 94.0 Å². The molecule has 1 heterocycles. The van der Waals surface area contributed by atoms with Crippen molar-refractivity contribution in [2.45, 2.75) is 19.9 Å². The molecule has 0 saturated carbocycles. The molecule has 0 atom stereocenters. The number of pyridine rings is 1. The highest BCUT2D eigenvalue weighted by Gasteiger charge is 2.05. The fourth-order valence-electron chi connectivity index (χ4n) is 2.08. The average molecular weight is 284 g/mol. The van der Waals surface area contributed by atoms with Crippen LogP contribution in [0.5, 0.6) is 0 Å². The van der Waals surface area contributed by atoms with E-state index in [9.17, 15) is 4.79 Å². The monoisotopic (exact) mass is 284 g/mol. The molecule has 1 aromatic carbocycles. The first-order chi connectivity index (χ1) is 10.1. The van der Waals surface area contributed by atoms with E-state index in [1.807, 2.05) is 6.92 Å². The second-order valence-electron chi connectivity index (χ2n) is 4.96. The largest absolute Gasteiger partial charge is 0.366 e. The highest BCUT2D eigenvalue weighted by Crippen LogP contribution is 2.12. The fourth-order valence-corrected chi connectivity index (χ4v) is 2.08. The Kier molecular flexibility index (Phi) is 4.90. The molecule has 0 spiro atoms. The van der Waals surface area contributed by atoms with Gasteiger partial charge >= 0.3 is 0 Å². The van der Waals surface area contributed by atoms with Gasteiger partial charge in [-0.3, -0.25) is 4.79 Å². The molecule has 5 nitrogen and oxygen atoms in total. The third-order valence-electron chi connectivity index (χ3n) is 3.17.